The van der Waals surface area contributed by atoms with Crippen molar-refractivity contribution in [1.82, 2.24) is 0 Å². The van der Waals surface area contributed by atoms with Crippen molar-refractivity contribution in [3.8, 4) is 0 Å². The van der Waals surface area contributed by atoms with Crippen LogP contribution >= 0.6 is 0 Å². The number of hydrogen-bond acceptors (Lipinski definition) is 1. The number of hydrogen-bond donors (Lipinski definition) is 0. The molecule has 0 atom stereocenters. The van der Waals surface area contributed by atoms with Crippen LogP contribution in [0.2, 0.25) is 0 Å². The zero-order valence-electron chi connectivity index (χ0n) is 12.0. The number of rotatable bonds is 13. The molecule has 0 rings (SSSR count). The van der Waals surface area contributed by atoms with E-state index in [9.17, 15) is 0 Å². The van der Waals surface area contributed by atoms with Gasteiger partial charge in [0, 0.05) is 0 Å². The lowest BCUT2D eigenvalue weighted by atomic mass is 10.1. The second-order valence-corrected chi connectivity index (χ2v) is 4.83. The monoisotopic (exact) mass is 240 g/mol. The molecule has 0 aromatic heterocycles. The molecule has 1 nitrogen and oxygen atoms in total. The molecule has 0 aliphatic rings. The van der Waals surface area contributed by atoms with Gasteiger partial charge < -0.3 is 4.74 Å². The highest BCUT2D eigenvalue weighted by atomic mass is 16.5. The first kappa shape index (κ1) is 16.5. The van der Waals surface area contributed by atoms with Gasteiger partial charge >= 0.3 is 0 Å². The molecule has 0 aliphatic heterocycles. The van der Waals surface area contributed by atoms with Crippen LogP contribution < -0.4 is 0 Å². The quantitative estimate of drug-likeness (QED) is 0.290. The molecule has 0 radical (unpaired) electrons. The van der Waals surface area contributed by atoms with E-state index in [1.54, 1.807) is 0 Å². The van der Waals surface area contributed by atoms with Crippen LogP contribution in [-0.2, 0) is 4.74 Å². The van der Waals surface area contributed by atoms with Crippen molar-refractivity contribution in [1.29, 1.82) is 0 Å². The molecule has 0 aliphatic carbocycles. The molecule has 0 fully saturated rings. The van der Waals surface area contributed by atoms with Gasteiger partial charge in [0.1, 0.15) is 0 Å². The maximum absolute atomic E-state index is 5.37. The third kappa shape index (κ3) is 15.5. The summed E-state index contributed by atoms with van der Waals surface area (Å²) in [6.07, 6.45) is 18.8. The zero-order chi connectivity index (χ0) is 12.6. The van der Waals surface area contributed by atoms with Crippen LogP contribution in [0.5, 0.6) is 0 Å². The molecule has 0 spiro atoms. The molecule has 0 saturated heterocycles. The fourth-order valence-corrected chi connectivity index (χ4v) is 1.91. The van der Waals surface area contributed by atoms with Gasteiger partial charge in [0.15, 0.2) is 0 Å². The van der Waals surface area contributed by atoms with E-state index in [4.69, 9.17) is 4.74 Å². The first-order valence-electron chi connectivity index (χ1n) is 7.68. The van der Waals surface area contributed by atoms with Gasteiger partial charge in [-0.3, -0.25) is 0 Å². The lowest BCUT2D eigenvalue weighted by Gasteiger charge is -2.02. The minimum Gasteiger partial charge on any atom is -0.502 e. The molecule has 17 heavy (non-hydrogen) atoms. The minimum absolute atomic E-state index is 0.896. The normalized spacial score (nSPS) is 11.2. The molecule has 0 N–H and O–H groups in total. The summed E-state index contributed by atoms with van der Waals surface area (Å²) in [5.74, 6) is 0. The molecule has 0 unspecified atom stereocenters. The van der Waals surface area contributed by atoms with Crippen molar-refractivity contribution in [2.75, 3.05) is 6.61 Å². The Balaban J connectivity index is 2.91. The Morgan fingerprint density at radius 3 is 1.76 bits per heavy atom. The van der Waals surface area contributed by atoms with E-state index in [-0.39, 0.29) is 0 Å². The standard InChI is InChI=1S/C16H32O/c1-3-5-7-8-9-10-11-12-13-14-16-17-15-6-4-2/h6,15H,3-5,7-14,16H2,1-2H3/b15-6+. The highest BCUT2D eigenvalue weighted by molar-refractivity contribution is 4.70. The Hall–Kier alpha value is -0.460. The number of ether oxygens (including phenoxy) is 1. The second kappa shape index (κ2) is 15.5. The summed E-state index contributed by atoms with van der Waals surface area (Å²) in [6.45, 7) is 5.30. The van der Waals surface area contributed by atoms with E-state index in [1.807, 2.05) is 6.26 Å². The van der Waals surface area contributed by atoms with Crippen molar-refractivity contribution in [3.05, 3.63) is 12.3 Å². The Labute approximate surface area is 109 Å². The first-order chi connectivity index (χ1) is 8.41. The van der Waals surface area contributed by atoms with Gasteiger partial charge in [0.2, 0.25) is 0 Å². The molecule has 0 amide bonds. The average molecular weight is 240 g/mol. The summed E-state index contributed by atoms with van der Waals surface area (Å²) in [5, 5.41) is 0. The van der Waals surface area contributed by atoms with Crippen LogP contribution in [0.1, 0.15) is 84.5 Å². The van der Waals surface area contributed by atoms with Crippen LogP contribution in [0.3, 0.4) is 0 Å². The van der Waals surface area contributed by atoms with Crippen LogP contribution in [0.15, 0.2) is 12.3 Å². The smallest absolute Gasteiger partial charge is 0.0873 e. The van der Waals surface area contributed by atoms with E-state index in [1.165, 1.54) is 64.2 Å². The van der Waals surface area contributed by atoms with E-state index in [0.29, 0.717) is 0 Å². The Morgan fingerprint density at radius 1 is 0.706 bits per heavy atom. The van der Waals surface area contributed by atoms with Crippen LogP contribution in [0, 0.1) is 0 Å². The van der Waals surface area contributed by atoms with Crippen LogP contribution in [0.25, 0.3) is 0 Å². The van der Waals surface area contributed by atoms with Crippen molar-refractivity contribution in [3.63, 3.8) is 0 Å². The summed E-state index contributed by atoms with van der Waals surface area (Å²) in [7, 11) is 0. The zero-order valence-corrected chi connectivity index (χ0v) is 12.0. The Kier molecular flexibility index (Phi) is 15.1. The van der Waals surface area contributed by atoms with Crippen molar-refractivity contribution < 1.29 is 4.74 Å². The molecule has 102 valence electrons. The summed E-state index contributed by atoms with van der Waals surface area (Å²) < 4.78 is 5.37. The van der Waals surface area contributed by atoms with Gasteiger partial charge in [0.05, 0.1) is 12.9 Å². The van der Waals surface area contributed by atoms with E-state index >= 15 is 0 Å². The maximum Gasteiger partial charge on any atom is 0.0873 e. The fraction of sp³-hybridized carbons (Fsp3) is 0.875. The molecule has 0 heterocycles. The third-order valence-electron chi connectivity index (χ3n) is 3.04. The molecule has 0 aromatic carbocycles. The van der Waals surface area contributed by atoms with Crippen molar-refractivity contribution in [2.45, 2.75) is 84.5 Å². The molecular formula is C16H32O. The van der Waals surface area contributed by atoms with Crippen molar-refractivity contribution in [2.24, 2.45) is 0 Å². The SMILES string of the molecule is CC/C=C/OCCCCCCCCCCCC. The lowest BCUT2D eigenvalue weighted by molar-refractivity contribution is 0.239. The highest BCUT2D eigenvalue weighted by Crippen LogP contribution is 2.10. The van der Waals surface area contributed by atoms with Gasteiger partial charge in [-0.05, 0) is 12.8 Å². The molecule has 1 heteroatoms. The third-order valence-corrected chi connectivity index (χ3v) is 3.04. The largest absolute Gasteiger partial charge is 0.502 e. The topological polar surface area (TPSA) is 9.23 Å². The maximum atomic E-state index is 5.37. The van der Waals surface area contributed by atoms with Gasteiger partial charge in [-0.15, -0.1) is 0 Å². The lowest BCUT2D eigenvalue weighted by Crippen LogP contribution is -1.88. The average Bonchev–Trinajstić information content (AvgIpc) is 2.35. The van der Waals surface area contributed by atoms with Crippen LogP contribution in [0.4, 0.5) is 0 Å². The Morgan fingerprint density at radius 2 is 1.24 bits per heavy atom. The summed E-state index contributed by atoms with van der Waals surface area (Å²) >= 11 is 0. The Bertz CT molecular complexity index is 152. The molecule has 0 bridgehead atoms. The summed E-state index contributed by atoms with van der Waals surface area (Å²) in [5.41, 5.74) is 0. The predicted molar refractivity (Wildman–Crippen MR) is 77.2 cm³/mol. The van der Waals surface area contributed by atoms with Crippen molar-refractivity contribution >= 4 is 0 Å². The predicted octanol–water partition coefficient (Wildman–Crippen LogP) is 5.85. The fourth-order valence-electron chi connectivity index (χ4n) is 1.91. The van der Waals surface area contributed by atoms with Gasteiger partial charge in [-0.25, -0.2) is 0 Å². The number of unbranched alkanes of at least 4 members (excludes halogenated alkanes) is 9. The summed E-state index contributed by atoms with van der Waals surface area (Å²) in [6, 6.07) is 0. The van der Waals surface area contributed by atoms with E-state index in [2.05, 4.69) is 19.9 Å². The molecular weight excluding hydrogens is 208 g/mol. The highest BCUT2D eigenvalue weighted by Gasteiger charge is 1.92. The second-order valence-electron chi connectivity index (χ2n) is 4.83. The summed E-state index contributed by atoms with van der Waals surface area (Å²) in [4.78, 5) is 0. The molecule has 0 aromatic rings. The number of allylic oxidation sites excluding steroid dienone is 1. The van der Waals surface area contributed by atoms with E-state index in [0.717, 1.165) is 13.0 Å². The van der Waals surface area contributed by atoms with Gasteiger partial charge in [-0.2, -0.15) is 0 Å². The van der Waals surface area contributed by atoms with E-state index < -0.39 is 0 Å². The van der Waals surface area contributed by atoms with Crippen LogP contribution in [-0.4, -0.2) is 6.61 Å². The van der Waals surface area contributed by atoms with Gasteiger partial charge in [0.25, 0.3) is 0 Å². The molecule has 0 saturated carbocycles. The minimum atomic E-state index is 0.896. The van der Waals surface area contributed by atoms with Gasteiger partial charge in [-0.1, -0.05) is 77.7 Å². The first-order valence-corrected chi connectivity index (χ1v) is 7.68.